The van der Waals surface area contributed by atoms with Crippen LogP contribution in [0.3, 0.4) is 0 Å². The quantitative estimate of drug-likeness (QED) is 0.305. The number of rotatable bonds is 8. The number of hydrogen-bond acceptors (Lipinski definition) is 8. The third-order valence-electron chi connectivity index (χ3n) is 10.7. The molecule has 48 heavy (non-hydrogen) atoms. The van der Waals surface area contributed by atoms with E-state index in [2.05, 4.69) is 75.7 Å². The molecular formula is C38H46N6O4. The van der Waals surface area contributed by atoms with Crippen LogP contribution in [0, 0.1) is 0 Å². The summed E-state index contributed by atoms with van der Waals surface area (Å²) < 4.78 is 0. The maximum absolute atomic E-state index is 13.1. The van der Waals surface area contributed by atoms with Crippen LogP contribution in [-0.4, -0.2) is 75.9 Å². The lowest BCUT2D eigenvalue weighted by molar-refractivity contribution is -0.136. The SMILES string of the molecule is CC(C)c1ccc(NC2CCN(c3ccc(CN4CCC(O)(c5ccc6c(c5)CN(C5CCC(=O)NC5=O)C6=O)CC4)cc3)CC2)cn1. The number of aliphatic hydroxyl groups is 1. The summed E-state index contributed by atoms with van der Waals surface area (Å²) >= 11 is 0. The highest BCUT2D eigenvalue weighted by atomic mass is 16.3. The van der Waals surface area contributed by atoms with Gasteiger partial charge in [0.25, 0.3) is 5.91 Å². The zero-order valence-corrected chi connectivity index (χ0v) is 28.0. The normalized spacial score (nSPS) is 21.8. The molecule has 10 heteroatoms. The monoisotopic (exact) mass is 650 g/mol. The Hall–Kier alpha value is -4.28. The molecule has 0 bridgehead atoms. The van der Waals surface area contributed by atoms with Crippen LogP contribution in [0.1, 0.15) is 91.0 Å². The van der Waals surface area contributed by atoms with Gasteiger partial charge in [0.15, 0.2) is 0 Å². The fourth-order valence-electron chi connectivity index (χ4n) is 7.65. The van der Waals surface area contributed by atoms with E-state index in [4.69, 9.17) is 0 Å². The maximum atomic E-state index is 13.1. The molecule has 3 N–H and O–H groups in total. The second kappa shape index (κ2) is 13.3. The molecule has 0 aliphatic carbocycles. The van der Waals surface area contributed by atoms with Crippen LogP contribution in [0.25, 0.3) is 0 Å². The average molecular weight is 651 g/mol. The van der Waals surface area contributed by atoms with E-state index in [1.54, 1.807) is 11.0 Å². The second-order valence-electron chi connectivity index (χ2n) is 14.3. The van der Waals surface area contributed by atoms with Crippen molar-refractivity contribution < 1.29 is 19.5 Å². The van der Waals surface area contributed by atoms with Crippen LogP contribution < -0.4 is 15.5 Å². The van der Waals surface area contributed by atoms with Crippen molar-refractivity contribution in [2.24, 2.45) is 0 Å². The van der Waals surface area contributed by atoms with Gasteiger partial charge in [-0.25, -0.2) is 0 Å². The van der Waals surface area contributed by atoms with E-state index in [9.17, 15) is 19.5 Å². The highest BCUT2D eigenvalue weighted by molar-refractivity contribution is 6.05. The molecule has 5 heterocycles. The number of piperidine rings is 3. The molecule has 4 aliphatic heterocycles. The Labute approximate surface area is 282 Å². The van der Waals surface area contributed by atoms with E-state index in [1.807, 2.05) is 18.3 Å². The van der Waals surface area contributed by atoms with E-state index in [-0.39, 0.29) is 18.2 Å². The summed E-state index contributed by atoms with van der Waals surface area (Å²) in [4.78, 5) is 48.1. The van der Waals surface area contributed by atoms with Gasteiger partial charge in [-0.3, -0.25) is 29.6 Å². The van der Waals surface area contributed by atoms with Crippen LogP contribution in [-0.2, 0) is 28.3 Å². The van der Waals surface area contributed by atoms with Crippen molar-refractivity contribution in [2.45, 2.75) is 89.1 Å². The first-order valence-corrected chi connectivity index (χ1v) is 17.4. The van der Waals surface area contributed by atoms with Gasteiger partial charge in [0.05, 0.1) is 17.5 Å². The van der Waals surface area contributed by atoms with E-state index < -0.39 is 17.6 Å². The molecule has 3 amide bonds. The number of carbonyl (C=O) groups is 3. The lowest BCUT2D eigenvalue weighted by atomic mass is 9.83. The largest absolute Gasteiger partial charge is 0.385 e. The molecule has 1 aromatic heterocycles. The Balaban J connectivity index is 0.890. The number of fused-ring (bicyclic) bond motifs is 1. The molecule has 7 rings (SSSR count). The Morgan fingerprint density at radius 3 is 2.38 bits per heavy atom. The molecule has 3 saturated heterocycles. The third-order valence-corrected chi connectivity index (χ3v) is 10.7. The summed E-state index contributed by atoms with van der Waals surface area (Å²) in [5.74, 6) is -0.464. The lowest BCUT2D eigenvalue weighted by Gasteiger charge is -2.39. The summed E-state index contributed by atoms with van der Waals surface area (Å²) in [7, 11) is 0. The smallest absolute Gasteiger partial charge is 0.255 e. The van der Waals surface area contributed by atoms with Gasteiger partial charge in [-0.05, 0) is 85.0 Å². The van der Waals surface area contributed by atoms with Crippen LogP contribution in [0.15, 0.2) is 60.8 Å². The molecule has 3 aromatic rings. The summed E-state index contributed by atoms with van der Waals surface area (Å²) in [5.41, 5.74) is 6.00. The zero-order chi connectivity index (χ0) is 33.4. The molecule has 1 atom stereocenters. The number of pyridine rings is 1. The predicted molar refractivity (Wildman–Crippen MR) is 185 cm³/mol. The number of benzene rings is 2. The molecule has 0 spiro atoms. The van der Waals surface area contributed by atoms with E-state index in [0.29, 0.717) is 43.3 Å². The second-order valence-corrected chi connectivity index (χ2v) is 14.3. The summed E-state index contributed by atoms with van der Waals surface area (Å²) in [6, 6.07) is 18.6. The maximum Gasteiger partial charge on any atom is 0.255 e. The van der Waals surface area contributed by atoms with Crippen molar-refractivity contribution >= 4 is 29.1 Å². The topological polar surface area (TPSA) is 118 Å². The van der Waals surface area contributed by atoms with Gasteiger partial charge in [-0.15, -0.1) is 0 Å². The number of aromatic nitrogens is 1. The molecule has 10 nitrogen and oxygen atoms in total. The summed E-state index contributed by atoms with van der Waals surface area (Å²) in [5, 5.41) is 17.7. The van der Waals surface area contributed by atoms with Gasteiger partial charge in [0, 0.05) is 68.7 Å². The molecule has 3 fully saturated rings. The fraction of sp³-hybridized carbons (Fsp3) is 0.474. The number of hydrogen-bond donors (Lipinski definition) is 3. The lowest BCUT2D eigenvalue weighted by Crippen LogP contribution is -2.52. The molecule has 252 valence electrons. The number of likely N-dealkylation sites (tertiary alicyclic amines) is 1. The number of nitrogens with zero attached hydrogens (tertiary/aromatic N) is 4. The van der Waals surface area contributed by atoms with Gasteiger partial charge in [-0.1, -0.05) is 38.1 Å². The van der Waals surface area contributed by atoms with Gasteiger partial charge >= 0.3 is 0 Å². The number of nitrogens with one attached hydrogen (secondary N) is 2. The van der Waals surface area contributed by atoms with Crippen molar-refractivity contribution in [3.8, 4) is 0 Å². The minimum Gasteiger partial charge on any atom is -0.385 e. The van der Waals surface area contributed by atoms with Crippen molar-refractivity contribution in [2.75, 3.05) is 36.4 Å². The summed E-state index contributed by atoms with van der Waals surface area (Å²) in [6.07, 6.45) is 5.91. The zero-order valence-electron chi connectivity index (χ0n) is 28.0. The molecule has 4 aliphatic rings. The number of carbonyl (C=O) groups excluding carboxylic acids is 3. The van der Waals surface area contributed by atoms with Gasteiger partial charge in [0.2, 0.25) is 11.8 Å². The first kappa shape index (κ1) is 32.3. The molecule has 0 saturated carbocycles. The fourth-order valence-corrected chi connectivity index (χ4v) is 7.65. The molecule has 2 aromatic carbocycles. The van der Waals surface area contributed by atoms with Gasteiger partial charge < -0.3 is 20.2 Å². The highest BCUT2D eigenvalue weighted by Crippen LogP contribution is 2.37. The van der Waals surface area contributed by atoms with Crippen molar-refractivity contribution in [3.05, 3.63) is 88.7 Å². The number of amides is 3. The Kier molecular flexibility index (Phi) is 8.96. The number of imide groups is 1. The van der Waals surface area contributed by atoms with Gasteiger partial charge in [-0.2, -0.15) is 0 Å². The first-order chi connectivity index (χ1) is 23.1. The highest BCUT2D eigenvalue weighted by Gasteiger charge is 2.41. The minimum atomic E-state index is -0.963. The Morgan fingerprint density at radius 2 is 1.71 bits per heavy atom. The Bertz CT molecular complexity index is 1660. The van der Waals surface area contributed by atoms with Crippen LogP contribution in [0.5, 0.6) is 0 Å². The predicted octanol–water partition coefficient (Wildman–Crippen LogP) is 4.53. The van der Waals surface area contributed by atoms with E-state index in [1.165, 1.54) is 11.3 Å². The van der Waals surface area contributed by atoms with Crippen LogP contribution in [0.2, 0.25) is 0 Å². The van der Waals surface area contributed by atoms with Crippen molar-refractivity contribution in [1.29, 1.82) is 0 Å². The van der Waals surface area contributed by atoms with Crippen LogP contribution in [0.4, 0.5) is 11.4 Å². The molecular weight excluding hydrogens is 604 g/mol. The number of anilines is 2. The minimum absolute atomic E-state index is 0.193. The summed E-state index contributed by atoms with van der Waals surface area (Å²) in [6.45, 7) is 9.06. The van der Waals surface area contributed by atoms with Crippen molar-refractivity contribution in [1.82, 2.24) is 20.1 Å². The first-order valence-electron chi connectivity index (χ1n) is 17.4. The molecule has 1 unspecified atom stereocenters. The van der Waals surface area contributed by atoms with E-state index >= 15 is 0 Å². The van der Waals surface area contributed by atoms with Crippen molar-refractivity contribution in [3.63, 3.8) is 0 Å². The Morgan fingerprint density at radius 1 is 0.958 bits per heavy atom. The van der Waals surface area contributed by atoms with E-state index in [0.717, 1.165) is 68.1 Å². The standard InChI is InChI=1S/C38H46N6O4/c1-25(2)33-10-6-30(22-39-33)40-29-13-17-43(18-14-29)31-7-3-26(4-8-31)23-42-19-15-38(48,16-20-42)28-5-9-32-27(21-28)24-44(37(32)47)34-11-12-35(45)41-36(34)46/h3-10,21-22,25,29,34,40,48H,11-20,23-24H2,1-2H3,(H,41,45,46). The average Bonchev–Trinajstić information content (AvgIpc) is 3.42. The third kappa shape index (κ3) is 6.69. The van der Waals surface area contributed by atoms with Gasteiger partial charge in [0.1, 0.15) is 6.04 Å². The molecule has 0 radical (unpaired) electrons. The van der Waals surface area contributed by atoms with Crippen LogP contribution >= 0.6 is 0 Å².